The molecule has 0 unspecified atom stereocenters. The van der Waals surface area contributed by atoms with E-state index in [1.807, 2.05) is 0 Å². The summed E-state index contributed by atoms with van der Waals surface area (Å²) in [6.45, 7) is 0.782. The first kappa shape index (κ1) is 18.7. The van der Waals surface area contributed by atoms with Gasteiger partial charge in [-0.25, -0.2) is 13.6 Å². The Balaban J connectivity index is 1.83. The average molecular weight is 370 g/mol. The van der Waals surface area contributed by atoms with Crippen LogP contribution < -0.4 is 10.1 Å². The Kier molecular flexibility index (Phi) is 6.30. The predicted molar refractivity (Wildman–Crippen MR) is 87.5 cm³/mol. The summed E-state index contributed by atoms with van der Waals surface area (Å²) in [5, 5.41) is 2.63. The Bertz CT molecular complexity index is 768. The number of benzene rings is 2. The van der Waals surface area contributed by atoms with Gasteiger partial charge in [-0.1, -0.05) is 11.6 Å². The van der Waals surface area contributed by atoms with Crippen LogP contribution in [0.4, 0.5) is 14.5 Å². The Morgan fingerprint density at radius 3 is 2.52 bits per heavy atom. The predicted octanol–water partition coefficient (Wildman–Crippen LogP) is 3.57. The van der Waals surface area contributed by atoms with Crippen molar-refractivity contribution in [3.8, 4) is 5.75 Å². The van der Waals surface area contributed by atoms with E-state index in [1.54, 1.807) is 24.3 Å². The molecule has 1 amide bonds. The van der Waals surface area contributed by atoms with E-state index in [0.717, 1.165) is 18.2 Å². The summed E-state index contributed by atoms with van der Waals surface area (Å²) in [7, 11) is 0. The zero-order valence-electron chi connectivity index (χ0n) is 13.1. The summed E-state index contributed by atoms with van der Waals surface area (Å²) in [5.74, 6) is -2.71. The molecule has 2 aromatic carbocycles. The van der Waals surface area contributed by atoms with Crippen molar-refractivity contribution in [2.24, 2.45) is 0 Å². The molecule has 0 bridgehead atoms. The molecule has 0 saturated heterocycles. The summed E-state index contributed by atoms with van der Waals surface area (Å²) >= 11 is 5.74. The molecule has 0 spiro atoms. The van der Waals surface area contributed by atoms with E-state index in [4.69, 9.17) is 21.1 Å². The van der Waals surface area contributed by atoms with Crippen molar-refractivity contribution in [2.75, 3.05) is 11.9 Å². The quantitative estimate of drug-likeness (QED) is 0.791. The zero-order chi connectivity index (χ0) is 18.4. The smallest absolute Gasteiger partial charge is 0.347 e. The molecule has 0 aliphatic carbocycles. The van der Waals surface area contributed by atoms with Gasteiger partial charge >= 0.3 is 5.97 Å². The van der Waals surface area contributed by atoms with Crippen LogP contribution in [-0.2, 0) is 14.3 Å². The van der Waals surface area contributed by atoms with Crippen LogP contribution in [-0.4, -0.2) is 24.6 Å². The van der Waals surface area contributed by atoms with Crippen LogP contribution in [0.15, 0.2) is 42.5 Å². The van der Waals surface area contributed by atoms with Crippen molar-refractivity contribution >= 4 is 29.2 Å². The molecule has 132 valence electrons. The number of nitrogens with one attached hydrogen (secondary N) is 1. The lowest BCUT2D eigenvalue weighted by Crippen LogP contribution is -2.29. The molecule has 1 N–H and O–H groups in total. The van der Waals surface area contributed by atoms with Crippen molar-refractivity contribution < 1.29 is 27.8 Å². The van der Waals surface area contributed by atoms with Gasteiger partial charge in [0.1, 0.15) is 17.4 Å². The van der Waals surface area contributed by atoms with Crippen molar-refractivity contribution in [3.63, 3.8) is 0 Å². The third-order valence-corrected chi connectivity index (χ3v) is 3.26. The topological polar surface area (TPSA) is 64.6 Å². The number of rotatable bonds is 6. The second kappa shape index (κ2) is 8.43. The van der Waals surface area contributed by atoms with Crippen LogP contribution in [0.3, 0.4) is 0 Å². The summed E-state index contributed by atoms with van der Waals surface area (Å²) in [5.41, 5.74) is -0.341. The SMILES string of the molecule is C[C@H](Oc1ccc(Cl)cc1)C(=O)OCC(=O)Nc1cc(F)ccc1F. The molecular formula is C17H14ClF2NO4. The van der Waals surface area contributed by atoms with Crippen LogP contribution in [0.2, 0.25) is 5.02 Å². The van der Waals surface area contributed by atoms with Gasteiger partial charge in [0.25, 0.3) is 5.91 Å². The Hall–Kier alpha value is -2.67. The van der Waals surface area contributed by atoms with Gasteiger partial charge in [-0.05, 0) is 43.3 Å². The Labute approximate surface area is 147 Å². The molecule has 0 fully saturated rings. The highest BCUT2D eigenvalue weighted by Crippen LogP contribution is 2.17. The molecule has 2 rings (SSSR count). The molecule has 0 heterocycles. The minimum Gasteiger partial charge on any atom is -0.479 e. The number of halogens is 3. The van der Waals surface area contributed by atoms with Crippen LogP contribution in [0.1, 0.15) is 6.92 Å². The fraction of sp³-hybridized carbons (Fsp3) is 0.176. The summed E-state index contributed by atoms with van der Waals surface area (Å²) < 4.78 is 36.6. The summed E-state index contributed by atoms with van der Waals surface area (Å²) in [4.78, 5) is 23.5. The van der Waals surface area contributed by atoms with Crippen molar-refractivity contribution in [2.45, 2.75) is 13.0 Å². The van der Waals surface area contributed by atoms with Gasteiger partial charge in [0, 0.05) is 11.1 Å². The van der Waals surface area contributed by atoms with E-state index in [2.05, 4.69) is 5.32 Å². The lowest BCUT2D eigenvalue weighted by molar-refractivity contribution is -0.153. The van der Waals surface area contributed by atoms with Gasteiger partial charge in [-0.15, -0.1) is 0 Å². The molecule has 0 aliphatic rings. The molecule has 25 heavy (non-hydrogen) atoms. The summed E-state index contributed by atoms with van der Waals surface area (Å²) in [6.07, 6.45) is -0.972. The average Bonchev–Trinajstić information content (AvgIpc) is 2.58. The molecule has 5 nitrogen and oxygen atoms in total. The number of hydrogen-bond acceptors (Lipinski definition) is 4. The number of carbonyl (C=O) groups is 2. The number of esters is 1. The zero-order valence-corrected chi connectivity index (χ0v) is 13.8. The van der Waals surface area contributed by atoms with E-state index < -0.39 is 36.2 Å². The minimum absolute atomic E-state index is 0.341. The maximum atomic E-state index is 13.4. The number of ether oxygens (including phenoxy) is 2. The molecule has 0 aromatic heterocycles. The van der Waals surface area contributed by atoms with Gasteiger partial charge < -0.3 is 14.8 Å². The van der Waals surface area contributed by atoms with E-state index in [1.165, 1.54) is 6.92 Å². The van der Waals surface area contributed by atoms with Crippen LogP contribution in [0, 0.1) is 11.6 Å². The fourth-order valence-corrected chi connectivity index (χ4v) is 1.92. The van der Waals surface area contributed by atoms with Gasteiger partial charge in [0.05, 0.1) is 5.69 Å². The van der Waals surface area contributed by atoms with Gasteiger partial charge in [0.2, 0.25) is 0 Å². The van der Waals surface area contributed by atoms with E-state index in [0.29, 0.717) is 10.8 Å². The second-order valence-electron chi connectivity index (χ2n) is 4.99. The highest BCUT2D eigenvalue weighted by molar-refractivity contribution is 6.30. The summed E-state index contributed by atoms with van der Waals surface area (Å²) in [6, 6.07) is 8.95. The van der Waals surface area contributed by atoms with Crippen LogP contribution in [0.5, 0.6) is 5.75 Å². The minimum atomic E-state index is -0.972. The largest absolute Gasteiger partial charge is 0.479 e. The second-order valence-corrected chi connectivity index (χ2v) is 5.43. The van der Waals surface area contributed by atoms with E-state index >= 15 is 0 Å². The fourth-order valence-electron chi connectivity index (χ4n) is 1.80. The first-order valence-corrected chi connectivity index (χ1v) is 7.56. The highest BCUT2D eigenvalue weighted by atomic mass is 35.5. The monoisotopic (exact) mass is 369 g/mol. The highest BCUT2D eigenvalue weighted by Gasteiger charge is 2.18. The number of anilines is 1. The van der Waals surface area contributed by atoms with Gasteiger partial charge in [0.15, 0.2) is 12.7 Å². The van der Waals surface area contributed by atoms with Crippen LogP contribution >= 0.6 is 11.6 Å². The Morgan fingerprint density at radius 2 is 1.84 bits per heavy atom. The van der Waals surface area contributed by atoms with E-state index in [9.17, 15) is 18.4 Å². The molecule has 8 heteroatoms. The third-order valence-electron chi connectivity index (χ3n) is 3.01. The van der Waals surface area contributed by atoms with Gasteiger partial charge in [-0.3, -0.25) is 4.79 Å². The normalized spacial score (nSPS) is 11.5. The van der Waals surface area contributed by atoms with Crippen molar-refractivity contribution in [1.82, 2.24) is 0 Å². The van der Waals surface area contributed by atoms with Crippen LogP contribution in [0.25, 0.3) is 0 Å². The maximum Gasteiger partial charge on any atom is 0.347 e. The lowest BCUT2D eigenvalue weighted by Gasteiger charge is -2.14. The molecule has 1 atom stereocenters. The van der Waals surface area contributed by atoms with Crippen molar-refractivity contribution in [3.05, 3.63) is 59.1 Å². The number of amides is 1. The molecule has 0 aliphatic heterocycles. The van der Waals surface area contributed by atoms with E-state index in [-0.39, 0.29) is 5.69 Å². The number of hydrogen-bond donors (Lipinski definition) is 1. The van der Waals surface area contributed by atoms with Crippen molar-refractivity contribution in [1.29, 1.82) is 0 Å². The molecule has 0 saturated carbocycles. The Morgan fingerprint density at radius 1 is 1.16 bits per heavy atom. The standard InChI is InChI=1S/C17H14ClF2NO4/c1-10(25-13-5-2-11(18)3-6-13)17(23)24-9-16(22)21-15-8-12(19)4-7-14(15)20/h2-8,10H,9H2,1H3,(H,21,22)/t10-/m0/s1. The third kappa shape index (κ3) is 5.72. The first-order chi connectivity index (χ1) is 11.8. The maximum absolute atomic E-state index is 13.4. The number of carbonyl (C=O) groups excluding carboxylic acids is 2. The lowest BCUT2D eigenvalue weighted by atomic mass is 10.3. The first-order valence-electron chi connectivity index (χ1n) is 7.19. The van der Waals surface area contributed by atoms with Gasteiger partial charge in [-0.2, -0.15) is 0 Å². The molecular weight excluding hydrogens is 356 g/mol. The molecule has 0 radical (unpaired) electrons. The molecule has 2 aromatic rings.